The molecule has 0 aliphatic rings. The number of likely N-dealkylation sites (N-methyl/N-ethyl adjacent to an activating group) is 1. The van der Waals surface area contributed by atoms with E-state index in [1.807, 2.05) is 28.8 Å². The Kier molecular flexibility index (Phi) is 10.3. The molecule has 2 aromatic heterocycles. The van der Waals surface area contributed by atoms with Gasteiger partial charge >= 0.3 is 5.97 Å². The Morgan fingerprint density at radius 2 is 1.88 bits per heavy atom. The molecule has 0 spiro atoms. The summed E-state index contributed by atoms with van der Waals surface area (Å²) < 4.78 is 7.33. The van der Waals surface area contributed by atoms with Crippen LogP contribution in [0.15, 0.2) is 53.5 Å². The maximum Gasteiger partial charge on any atom is 0.332 e. The number of benzene rings is 2. The number of methoxy groups -OCH3 is 1. The van der Waals surface area contributed by atoms with E-state index in [0.717, 1.165) is 40.9 Å². The number of carbonyl (C=O) groups excluding carboxylic acids is 1. The van der Waals surface area contributed by atoms with Crippen LogP contribution < -0.4 is 16.8 Å². The van der Waals surface area contributed by atoms with Crippen molar-refractivity contribution >= 4 is 23.5 Å². The number of rotatable bonds is 14. The quantitative estimate of drug-likeness (QED) is 0.0739. The maximum atomic E-state index is 13.4. The summed E-state index contributed by atoms with van der Waals surface area (Å²) in [7, 11) is 3.08. The summed E-state index contributed by atoms with van der Waals surface area (Å²) in [6.45, 7) is 2.93. The second-order valence-electron chi connectivity index (χ2n) is 9.89. The van der Waals surface area contributed by atoms with Gasteiger partial charge in [-0.05, 0) is 48.2 Å². The van der Waals surface area contributed by atoms with Crippen molar-refractivity contribution in [2.45, 2.75) is 51.1 Å². The highest BCUT2D eigenvalue weighted by molar-refractivity contribution is 6.30. The molecule has 6 N–H and O–H groups in total. The van der Waals surface area contributed by atoms with Crippen molar-refractivity contribution < 1.29 is 9.53 Å². The van der Waals surface area contributed by atoms with Gasteiger partial charge in [0.15, 0.2) is 16.7 Å². The van der Waals surface area contributed by atoms with E-state index in [1.54, 1.807) is 7.05 Å². The molecule has 12 nitrogen and oxygen atoms in total. The first-order valence-corrected chi connectivity index (χ1v) is 14.2. The van der Waals surface area contributed by atoms with Gasteiger partial charge in [-0.15, -0.1) is 10.2 Å². The number of hydrogen-bond donors (Lipinski definition) is 4. The van der Waals surface area contributed by atoms with Crippen LogP contribution in [-0.2, 0) is 28.0 Å². The molecule has 0 saturated heterocycles. The van der Waals surface area contributed by atoms with Gasteiger partial charge in [0.25, 0.3) is 0 Å². The van der Waals surface area contributed by atoms with Crippen LogP contribution in [0, 0.1) is 0 Å². The lowest BCUT2D eigenvalue weighted by Crippen LogP contribution is -2.50. The Morgan fingerprint density at radius 3 is 2.50 bits per heavy atom. The van der Waals surface area contributed by atoms with E-state index in [0.29, 0.717) is 43.9 Å². The molecule has 0 bridgehead atoms. The summed E-state index contributed by atoms with van der Waals surface area (Å²) in [5.74, 6) is 0.861. The van der Waals surface area contributed by atoms with E-state index >= 15 is 0 Å². The number of nitrogens with two attached hydrogens (primary N) is 2. The van der Waals surface area contributed by atoms with E-state index in [4.69, 9.17) is 32.8 Å². The average Bonchev–Trinajstić information content (AvgIpc) is 3.65. The number of H-pyrrole nitrogens is 1. The van der Waals surface area contributed by atoms with Gasteiger partial charge in [-0.2, -0.15) is 5.21 Å². The third-order valence-corrected chi connectivity index (χ3v) is 7.51. The van der Waals surface area contributed by atoms with Gasteiger partial charge in [-0.1, -0.05) is 73.5 Å². The number of hydrogen-bond acceptors (Lipinski definition) is 8. The number of tetrazole rings is 1. The lowest BCUT2D eigenvalue weighted by atomic mass is 9.89. The summed E-state index contributed by atoms with van der Waals surface area (Å²) in [6.07, 6.45) is 3.47. The molecule has 4 rings (SSSR count). The summed E-state index contributed by atoms with van der Waals surface area (Å²) in [4.78, 5) is 22.2. The molecule has 0 fully saturated rings. The monoisotopic (exact) mass is 592 g/mol. The molecule has 0 aliphatic carbocycles. The number of nitrogens with zero attached hydrogens (tertiary/aromatic N) is 6. The van der Waals surface area contributed by atoms with Crippen molar-refractivity contribution in [3.05, 3.63) is 70.8 Å². The van der Waals surface area contributed by atoms with Gasteiger partial charge in [0.2, 0.25) is 5.82 Å². The van der Waals surface area contributed by atoms with E-state index in [2.05, 4.69) is 62.1 Å². The maximum absolute atomic E-state index is 13.4. The fourth-order valence-electron chi connectivity index (χ4n) is 5.14. The Labute approximate surface area is 249 Å². The zero-order valence-electron chi connectivity index (χ0n) is 24.1. The Balaban J connectivity index is 1.73. The number of guanidine groups is 1. The molecule has 2 heterocycles. The summed E-state index contributed by atoms with van der Waals surface area (Å²) in [5, 5.41) is 18.0. The highest BCUT2D eigenvalue weighted by atomic mass is 35.5. The number of unbranched alkanes of at least 4 members (excludes halogenated alkanes) is 1. The van der Waals surface area contributed by atoms with Gasteiger partial charge in [0, 0.05) is 25.1 Å². The van der Waals surface area contributed by atoms with Crippen LogP contribution >= 0.6 is 11.6 Å². The number of ether oxygens (including phenoxy) is 1. The van der Waals surface area contributed by atoms with Gasteiger partial charge in [-0.25, -0.2) is 9.78 Å². The molecule has 13 heteroatoms. The molecular formula is C29H37ClN10O2. The van der Waals surface area contributed by atoms with Crippen molar-refractivity contribution in [2.75, 3.05) is 20.7 Å². The van der Waals surface area contributed by atoms with E-state index < -0.39 is 11.5 Å². The first-order chi connectivity index (χ1) is 20.3. The normalized spacial score (nSPS) is 12.6. The molecule has 1 atom stereocenters. The molecule has 0 unspecified atom stereocenters. The van der Waals surface area contributed by atoms with Crippen molar-refractivity contribution in [3.8, 4) is 22.5 Å². The zero-order valence-corrected chi connectivity index (χ0v) is 24.9. The van der Waals surface area contributed by atoms with Crippen LogP contribution in [0.3, 0.4) is 0 Å². The van der Waals surface area contributed by atoms with Crippen LogP contribution in [0.25, 0.3) is 22.5 Å². The van der Waals surface area contributed by atoms with Crippen LogP contribution in [0.2, 0.25) is 5.15 Å². The Morgan fingerprint density at radius 1 is 1.14 bits per heavy atom. The fourth-order valence-corrected chi connectivity index (χ4v) is 5.50. The smallest absolute Gasteiger partial charge is 0.332 e. The third-order valence-electron chi connectivity index (χ3n) is 7.25. The lowest BCUT2D eigenvalue weighted by Gasteiger charge is -2.32. The highest BCUT2D eigenvalue weighted by Crippen LogP contribution is 2.36. The van der Waals surface area contributed by atoms with Crippen molar-refractivity contribution in [2.24, 2.45) is 16.5 Å². The van der Waals surface area contributed by atoms with Crippen LogP contribution in [-0.4, -0.2) is 62.8 Å². The van der Waals surface area contributed by atoms with Gasteiger partial charge in [-0.3, -0.25) is 10.3 Å². The molecule has 222 valence electrons. The van der Waals surface area contributed by atoms with Crippen molar-refractivity contribution in [1.82, 2.24) is 35.5 Å². The van der Waals surface area contributed by atoms with Crippen LogP contribution in [0.1, 0.15) is 49.7 Å². The van der Waals surface area contributed by atoms with E-state index in [1.165, 1.54) is 7.11 Å². The SMILES string of the molecule is CCCCc1nc(Cl)c([C@@](CCCN=C(N)N)(NC)C(=O)OC)n1Cc1ccc(-c2ccccc2-c2nn[nH]n2)cc1. The lowest BCUT2D eigenvalue weighted by molar-refractivity contribution is -0.149. The van der Waals surface area contributed by atoms with Crippen LogP contribution in [0.5, 0.6) is 0 Å². The summed E-state index contributed by atoms with van der Waals surface area (Å²) in [6, 6.07) is 16.1. The molecular weight excluding hydrogens is 556 g/mol. The highest BCUT2D eigenvalue weighted by Gasteiger charge is 2.45. The summed E-state index contributed by atoms with van der Waals surface area (Å²) >= 11 is 6.83. The molecule has 42 heavy (non-hydrogen) atoms. The number of carbonyl (C=O) groups is 1. The minimum atomic E-state index is -1.26. The Hall–Kier alpha value is -4.29. The number of aliphatic imine (C=N–C) groups is 1. The second-order valence-corrected chi connectivity index (χ2v) is 10.3. The zero-order chi connectivity index (χ0) is 30.1. The summed E-state index contributed by atoms with van der Waals surface area (Å²) in [5.41, 5.74) is 14.2. The van der Waals surface area contributed by atoms with Gasteiger partial charge in [0.1, 0.15) is 5.82 Å². The molecule has 2 aromatic carbocycles. The van der Waals surface area contributed by atoms with E-state index in [9.17, 15) is 4.79 Å². The Bertz CT molecular complexity index is 1500. The predicted molar refractivity (Wildman–Crippen MR) is 163 cm³/mol. The van der Waals surface area contributed by atoms with Crippen molar-refractivity contribution in [1.29, 1.82) is 0 Å². The molecule has 0 amide bonds. The minimum absolute atomic E-state index is 0.00332. The first kappa shape index (κ1) is 30.7. The van der Waals surface area contributed by atoms with Gasteiger partial charge in [0.05, 0.1) is 12.8 Å². The number of nitrogens with one attached hydrogen (secondary N) is 2. The topological polar surface area (TPSA) is 175 Å². The number of halogens is 1. The molecule has 4 aromatic rings. The standard InChI is InChI=1S/C29H37ClN10O2/c1-4-5-11-23-35-25(30)24(29(33-2,27(41)42-3)16-8-17-34-28(31)32)40(23)18-19-12-14-20(15-13-19)21-9-6-7-10-22(21)26-36-38-39-37-26/h6-7,9-10,12-15,33H,4-5,8,11,16-18H2,1-3H3,(H4,31,32,34)(H,36,37,38,39)/t29-/m1/s1. The largest absolute Gasteiger partial charge is 0.467 e. The number of esters is 1. The molecule has 0 radical (unpaired) electrons. The number of imidazole rings is 1. The average molecular weight is 593 g/mol. The van der Waals surface area contributed by atoms with Crippen molar-refractivity contribution in [3.63, 3.8) is 0 Å². The molecule has 0 saturated carbocycles. The van der Waals surface area contributed by atoms with Crippen LogP contribution in [0.4, 0.5) is 0 Å². The third kappa shape index (κ3) is 6.60. The number of aromatic amines is 1. The first-order valence-electron chi connectivity index (χ1n) is 13.8. The van der Waals surface area contributed by atoms with E-state index in [-0.39, 0.29) is 11.1 Å². The second kappa shape index (κ2) is 14.1. The number of aryl methyl sites for hydroxylation is 1. The predicted octanol–water partition coefficient (Wildman–Crippen LogP) is 3.42. The number of aromatic nitrogens is 6. The molecule has 0 aliphatic heterocycles. The minimum Gasteiger partial charge on any atom is -0.467 e. The van der Waals surface area contributed by atoms with Gasteiger partial charge < -0.3 is 20.8 Å². The fraction of sp³-hybridized carbons (Fsp3) is 0.379.